The first kappa shape index (κ1) is 11.4. The molecule has 0 unspecified atom stereocenters. The molecule has 0 atom stereocenters. The molecule has 17 heavy (non-hydrogen) atoms. The van der Waals surface area contributed by atoms with Gasteiger partial charge in [-0.25, -0.2) is 4.39 Å². The summed E-state index contributed by atoms with van der Waals surface area (Å²) in [4.78, 5) is 0. The molecule has 0 saturated carbocycles. The van der Waals surface area contributed by atoms with Crippen LogP contribution in [0.2, 0.25) is 5.02 Å². The number of para-hydroxylation sites is 1. The van der Waals surface area contributed by atoms with E-state index in [1.807, 2.05) is 12.1 Å². The number of benzene rings is 2. The fourth-order valence-electron chi connectivity index (χ4n) is 1.40. The van der Waals surface area contributed by atoms with Crippen molar-refractivity contribution >= 4 is 23.0 Å². The van der Waals surface area contributed by atoms with Crippen molar-refractivity contribution in [1.82, 2.24) is 0 Å². The standard InChI is InChI=1S/C13H8ClFN2/c14-11-3-1-2-4-13(11)17-10-6-5-9(8-16)12(15)7-10/h1-7,17H. The zero-order chi connectivity index (χ0) is 12.3. The van der Waals surface area contributed by atoms with Crippen LogP contribution < -0.4 is 5.32 Å². The minimum Gasteiger partial charge on any atom is -0.354 e. The largest absolute Gasteiger partial charge is 0.354 e. The highest BCUT2D eigenvalue weighted by Crippen LogP contribution is 2.25. The molecule has 0 saturated heterocycles. The fraction of sp³-hybridized carbons (Fsp3) is 0. The molecule has 84 valence electrons. The Morgan fingerprint density at radius 1 is 1.18 bits per heavy atom. The number of hydrogen-bond donors (Lipinski definition) is 1. The maximum absolute atomic E-state index is 13.4. The molecule has 4 heteroatoms. The van der Waals surface area contributed by atoms with Crippen LogP contribution in [0.5, 0.6) is 0 Å². The van der Waals surface area contributed by atoms with Crippen LogP contribution in [0.1, 0.15) is 5.56 Å². The van der Waals surface area contributed by atoms with E-state index >= 15 is 0 Å². The van der Waals surface area contributed by atoms with Crippen molar-refractivity contribution in [3.8, 4) is 6.07 Å². The van der Waals surface area contributed by atoms with Gasteiger partial charge in [0.25, 0.3) is 0 Å². The minimum absolute atomic E-state index is 0.0229. The van der Waals surface area contributed by atoms with Gasteiger partial charge in [-0.2, -0.15) is 5.26 Å². The van der Waals surface area contributed by atoms with Crippen molar-refractivity contribution in [3.05, 3.63) is 58.9 Å². The minimum atomic E-state index is -0.551. The molecule has 2 aromatic carbocycles. The average molecular weight is 247 g/mol. The van der Waals surface area contributed by atoms with Gasteiger partial charge in [-0.15, -0.1) is 0 Å². The quantitative estimate of drug-likeness (QED) is 0.866. The highest BCUT2D eigenvalue weighted by molar-refractivity contribution is 6.33. The predicted molar refractivity (Wildman–Crippen MR) is 65.8 cm³/mol. The summed E-state index contributed by atoms with van der Waals surface area (Å²) in [6.07, 6.45) is 0. The van der Waals surface area contributed by atoms with Crippen LogP contribution in [0.3, 0.4) is 0 Å². The van der Waals surface area contributed by atoms with Gasteiger partial charge in [-0.3, -0.25) is 0 Å². The van der Waals surface area contributed by atoms with Gasteiger partial charge >= 0.3 is 0 Å². The number of rotatable bonds is 2. The first-order valence-corrected chi connectivity index (χ1v) is 5.29. The van der Waals surface area contributed by atoms with Crippen LogP contribution in [-0.4, -0.2) is 0 Å². The van der Waals surface area contributed by atoms with Gasteiger partial charge in [0.1, 0.15) is 11.9 Å². The van der Waals surface area contributed by atoms with E-state index in [-0.39, 0.29) is 5.56 Å². The van der Waals surface area contributed by atoms with Gasteiger partial charge in [-0.05, 0) is 30.3 Å². The summed E-state index contributed by atoms with van der Waals surface area (Å²) in [6.45, 7) is 0. The molecule has 0 aliphatic carbocycles. The monoisotopic (exact) mass is 246 g/mol. The summed E-state index contributed by atoms with van der Waals surface area (Å²) in [5, 5.41) is 12.1. The second-order valence-electron chi connectivity index (χ2n) is 3.41. The fourth-order valence-corrected chi connectivity index (χ4v) is 1.58. The molecule has 0 bridgehead atoms. The summed E-state index contributed by atoms with van der Waals surface area (Å²) in [6, 6.07) is 13.3. The number of nitrogens with one attached hydrogen (secondary N) is 1. The lowest BCUT2D eigenvalue weighted by Gasteiger charge is -2.08. The number of nitriles is 1. The van der Waals surface area contributed by atoms with Crippen LogP contribution in [0.25, 0.3) is 0 Å². The molecule has 0 aromatic heterocycles. The Morgan fingerprint density at radius 3 is 2.59 bits per heavy atom. The first-order chi connectivity index (χ1) is 8.20. The molecular formula is C13H8ClFN2. The van der Waals surface area contributed by atoms with Gasteiger partial charge in [-0.1, -0.05) is 23.7 Å². The molecule has 0 aliphatic rings. The topological polar surface area (TPSA) is 35.8 Å². The summed E-state index contributed by atoms with van der Waals surface area (Å²) in [5.74, 6) is -0.551. The molecule has 1 N–H and O–H groups in total. The van der Waals surface area contributed by atoms with Crippen LogP contribution in [0, 0.1) is 17.1 Å². The molecular weight excluding hydrogens is 239 g/mol. The van der Waals surface area contributed by atoms with Crippen LogP contribution in [0.4, 0.5) is 15.8 Å². The van der Waals surface area contributed by atoms with E-state index in [0.717, 1.165) is 0 Å². The second kappa shape index (κ2) is 4.86. The van der Waals surface area contributed by atoms with E-state index in [1.165, 1.54) is 12.1 Å². The van der Waals surface area contributed by atoms with Crippen molar-refractivity contribution in [2.75, 3.05) is 5.32 Å². The first-order valence-electron chi connectivity index (χ1n) is 4.92. The summed E-state index contributed by atoms with van der Waals surface area (Å²) in [5.41, 5.74) is 1.27. The number of halogens is 2. The van der Waals surface area contributed by atoms with Gasteiger partial charge in [0.15, 0.2) is 0 Å². The maximum Gasteiger partial charge on any atom is 0.143 e. The van der Waals surface area contributed by atoms with E-state index in [4.69, 9.17) is 16.9 Å². The predicted octanol–water partition coefficient (Wildman–Crippen LogP) is 4.09. The van der Waals surface area contributed by atoms with Gasteiger partial charge in [0.05, 0.1) is 16.3 Å². The van der Waals surface area contributed by atoms with Gasteiger partial charge < -0.3 is 5.32 Å². The number of hydrogen-bond acceptors (Lipinski definition) is 2. The number of nitrogens with zero attached hydrogens (tertiary/aromatic N) is 1. The highest BCUT2D eigenvalue weighted by atomic mass is 35.5. The lowest BCUT2D eigenvalue weighted by atomic mass is 10.2. The Labute approximate surface area is 103 Å². The zero-order valence-corrected chi connectivity index (χ0v) is 9.50. The van der Waals surface area contributed by atoms with E-state index in [9.17, 15) is 4.39 Å². The molecule has 0 aliphatic heterocycles. The van der Waals surface area contributed by atoms with Crippen molar-refractivity contribution in [1.29, 1.82) is 5.26 Å². The van der Waals surface area contributed by atoms with E-state index < -0.39 is 5.82 Å². The third-order valence-electron chi connectivity index (χ3n) is 2.24. The Morgan fingerprint density at radius 2 is 1.94 bits per heavy atom. The molecule has 2 aromatic rings. The van der Waals surface area contributed by atoms with Crippen LogP contribution >= 0.6 is 11.6 Å². The van der Waals surface area contributed by atoms with Gasteiger partial charge in [0, 0.05) is 5.69 Å². The zero-order valence-electron chi connectivity index (χ0n) is 8.74. The third-order valence-corrected chi connectivity index (χ3v) is 2.57. The number of anilines is 2. The molecule has 2 rings (SSSR count). The molecule has 0 fully saturated rings. The van der Waals surface area contributed by atoms with Crippen molar-refractivity contribution < 1.29 is 4.39 Å². The average Bonchev–Trinajstić information content (AvgIpc) is 2.32. The van der Waals surface area contributed by atoms with Crippen LogP contribution in [-0.2, 0) is 0 Å². The third kappa shape index (κ3) is 2.55. The highest BCUT2D eigenvalue weighted by Gasteiger charge is 2.04. The molecule has 0 spiro atoms. The lowest BCUT2D eigenvalue weighted by molar-refractivity contribution is 0.624. The summed E-state index contributed by atoms with van der Waals surface area (Å²) >= 11 is 5.96. The summed E-state index contributed by atoms with van der Waals surface area (Å²) < 4.78 is 13.4. The molecule has 0 amide bonds. The van der Waals surface area contributed by atoms with E-state index in [2.05, 4.69) is 5.32 Å². The van der Waals surface area contributed by atoms with Gasteiger partial charge in [0.2, 0.25) is 0 Å². The molecule has 0 heterocycles. The van der Waals surface area contributed by atoms with E-state index in [0.29, 0.717) is 16.4 Å². The van der Waals surface area contributed by atoms with Crippen molar-refractivity contribution in [3.63, 3.8) is 0 Å². The van der Waals surface area contributed by atoms with Crippen LogP contribution in [0.15, 0.2) is 42.5 Å². The lowest BCUT2D eigenvalue weighted by Crippen LogP contribution is -1.93. The second-order valence-corrected chi connectivity index (χ2v) is 3.82. The Hall–Kier alpha value is -2.05. The van der Waals surface area contributed by atoms with E-state index in [1.54, 1.807) is 24.3 Å². The molecule has 2 nitrogen and oxygen atoms in total. The maximum atomic E-state index is 13.4. The normalized spacial score (nSPS) is 9.71. The van der Waals surface area contributed by atoms with Crippen molar-refractivity contribution in [2.45, 2.75) is 0 Å². The Kier molecular flexibility index (Phi) is 3.27. The Balaban J connectivity index is 2.29. The smallest absolute Gasteiger partial charge is 0.143 e. The van der Waals surface area contributed by atoms with Crippen molar-refractivity contribution in [2.24, 2.45) is 0 Å². The SMILES string of the molecule is N#Cc1ccc(Nc2ccccc2Cl)cc1F. The summed E-state index contributed by atoms with van der Waals surface area (Å²) in [7, 11) is 0. The molecule has 0 radical (unpaired) electrons. The Bertz CT molecular complexity index is 590.